The summed E-state index contributed by atoms with van der Waals surface area (Å²) >= 11 is 1.44. The molecule has 4 nitrogen and oxygen atoms in total. The molecule has 0 saturated carbocycles. The SMILES string of the molecule is Cc1cscc1C(=O)N(Cc1ccccc1)C(C)C(=O)O. The second-order valence-corrected chi connectivity index (χ2v) is 5.64. The topological polar surface area (TPSA) is 57.6 Å². The van der Waals surface area contributed by atoms with E-state index in [4.69, 9.17) is 0 Å². The van der Waals surface area contributed by atoms with Gasteiger partial charge >= 0.3 is 5.97 Å². The number of hydrogen-bond acceptors (Lipinski definition) is 3. The summed E-state index contributed by atoms with van der Waals surface area (Å²) in [5.41, 5.74) is 2.36. The average molecular weight is 303 g/mol. The molecule has 0 saturated heterocycles. The van der Waals surface area contributed by atoms with Crippen LogP contribution in [-0.2, 0) is 11.3 Å². The van der Waals surface area contributed by atoms with Gasteiger partial charge < -0.3 is 10.0 Å². The standard InChI is InChI=1S/C16H17NO3S/c1-11-9-21-10-14(11)15(18)17(12(2)16(19)20)8-13-6-4-3-5-7-13/h3-7,9-10,12H,8H2,1-2H3,(H,19,20). The molecule has 1 aromatic carbocycles. The molecule has 0 spiro atoms. The average Bonchev–Trinajstić information content (AvgIpc) is 2.90. The number of benzene rings is 1. The number of carbonyl (C=O) groups excluding carboxylic acids is 1. The maximum atomic E-state index is 12.6. The third-order valence-electron chi connectivity index (χ3n) is 3.37. The number of aliphatic carboxylic acids is 1. The van der Waals surface area contributed by atoms with Crippen LogP contribution in [0.1, 0.15) is 28.4 Å². The zero-order chi connectivity index (χ0) is 15.4. The number of amides is 1. The fourth-order valence-corrected chi connectivity index (χ4v) is 2.85. The minimum absolute atomic E-state index is 0.243. The lowest BCUT2D eigenvalue weighted by atomic mass is 10.1. The summed E-state index contributed by atoms with van der Waals surface area (Å²) < 4.78 is 0. The van der Waals surface area contributed by atoms with Crippen molar-refractivity contribution in [2.24, 2.45) is 0 Å². The van der Waals surface area contributed by atoms with Crippen molar-refractivity contribution >= 4 is 23.2 Å². The highest BCUT2D eigenvalue weighted by atomic mass is 32.1. The van der Waals surface area contributed by atoms with E-state index < -0.39 is 12.0 Å². The van der Waals surface area contributed by atoms with Gasteiger partial charge in [0.1, 0.15) is 6.04 Å². The fraction of sp³-hybridized carbons (Fsp3) is 0.250. The minimum atomic E-state index is -1.01. The van der Waals surface area contributed by atoms with Crippen LogP contribution in [0.15, 0.2) is 41.1 Å². The number of thiophene rings is 1. The van der Waals surface area contributed by atoms with E-state index in [2.05, 4.69) is 0 Å². The number of nitrogens with zero attached hydrogens (tertiary/aromatic N) is 1. The van der Waals surface area contributed by atoms with Crippen LogP contribution in [0.4, 0.5) is 0 Å². The van der Waals surface area contributed by atoms with Gasteiger partial charge in [-0.2, -0.15) is 11.3 Å². The van der Waals surface area contributed by atoms with Gasteiger partial charge in [-0.15, -0.1) is 0 Å². The Balaban J connectivity index is 2.30. The van der Waals surface area contributed by atoms with E-state index in [-0.39, 0.29) is 12.5 Å². The molecule has 1 amide bonds. The zero-order valence-corrected chi connectivity index (χ0v) is 12.8. The summed E-state index contributed by atoms with van der Waals surface area (Å²) in [7, 11) is 0. The number of aryl methyl sites for hydroxylation is 1. The van der Waals surface area contributed by atoms with Crippen LogP contribution in [0.3, 0.4) is 0 Å². The van der Waals surface area contributed by atoms with Crippen molar-refractivity contribution in [1.82, 2.24) is 4.90 Å². The van der Waals surface area contributed by atoms with Gasteiger partial charge in [0.15, 0.2) is 0 Å². The van der Waals surface area contributed by atoms with Crippen LogP contribution >= 0.6 is 11.3 Å². The molecule has 0 aliphatic rings. The van der Waals surface area contributed by atoms with E-state index in [0.717, 1.165) is 11.1 Å². The van der Waals surface area contributed by atoms with E-state index >= 15 is 0 Å². The molecule has 1 N–H and O–H groups in total. The fourth-order valence-electron chi connectivity index (χ4n) is 2.03. The first-order valence-corrected chi connectivity index (χ1v) is 7.55. The first-order chi connectivity index (χ1) is 10.0. The van der Waals surface area contributed by atoms with Gasteiger partial charge in [-0.3, -0.25) is 4.79 Å². The highest BCUT2D eigenvalue weighted by Gasteiger charge is 2.27. The van der Waals surface area contributed by atoms with Gasteiger partial charge in [0.2, 0.25) is 0 Å². The molecule has 1 unspecified atom stereocenters. The van der Waals surface area contributed by atoms with Crippen molar-refractivity contribution in [2.45, 2.75) is 26.4 Å². The van der Waals surface area contributed by atoms with Gasteiger partial charge in [-0.05, 0) is 30.4 Å². The van der Waals surface area contributed by atoms with Gasteiger partial charge in [-0.25, -0.2) is 4.79 Å². The van der Waals surface area contributed by atoms with Crippen molar-refractivity contribution in [3.05, 3.63) is 57.8 Å². The van der Waals surface area contributed by atoms with Crippen molar-refractivity contribution in [3.8, 4) is 0 Å². The normalized spacial score (nSPS) is 11.9. The summed E-state index contributed by atoms with van der Waals surface area (Å²) in [6.07, 6.45) is 0. The molecule has 110 valence electrons. The Morgan fingerprint density at radius 3 is 2.43 bits per heavy atom. The summed E-state index contributed by atoms with van der Waals surface area (Å²) in [5, 5.41) is 12.9. The number of rotatable bonds is 5. The Bertz CT molecular complexity index is 636. The van der Waals surface area contributed by atoms with Gasteiger partial charge in [-0.1, -0.05) is 30.3 Å². The minimum Gasteiger partial charge on any atom is -0.480 e. The summed E-state index contributed by atoms with van der Waals surface area (Å²) in [6.45, 7) is 3.67. The zero-order valence-electron chi connectivity index (χ0n) is 11.9. The molecule has 5 heteroatoms. The lowest BCUT2D eigenvalue weighted by Crippen LogP contribution is -2.42. The number of hydrogen-bond donors (Lipinski definition) is 1. The third-order valence-corrected chi connectivity index (χ3v) is 4.23. The highest BCUT2D eigenvalue weighted by Crippen LogP contribution is 2.19. The first kappa shape index (κ1) is 15.3. The molecule has 21 heavy (non-hydrogen) atoms. The maximum absolute atomic E-state index is 12.6. The van der Waals surface area contributed by atoms with E-state index in [1.165, 1.54) is 23.2 Å². The Labute approximate surface area is 127 Å². The second-order valence-electron chi connectivity index (χ2n) is 4.90. The van der Waals surface area contributed by atoms with E-state index in [9.17, 15) is 14.7 Å². The van der Waals surface area contributed by atoms with Crippen molar-refractivity contribution in [2.75, 3.05) is 0 Å². The van der Waals surface area contributed by atoms with Crippen LogP contribution < -0.4 is 0 Å². The quantitative estimate of drug-likeness (QED) is 0.923. The molecule has 1 heterocycles. The van der Waals surface area contributed by atoms with Gasteiger partial charge in [0, 0.05) is 11.9 Å². The third kappa shape index (κ3) is 3.49. The summed E-state index contributed by atoms with van der Waals surface area (Å²) in [6, 6.07) is 8.53. The summed E-state index contributed by atoms with van der Waals surface area (Å²) in [5.74, 6) is -1.25. The van der Waals surface area contributed by atoms with Gasteiger partial charge in [0.25, 0.3) is 5.91 Å². The molecule has 1 atom stereocenters. The molecule has 0 bridgehead atoms. The molecule has 0 aliphatic heterocycles. The molecular weight excluding hydrogens is 286 g/mol. The van der Waals surface area contributed by atoms with E-state index in [0.29, 0.717) is 5.56 Å². The lowest BCUT2D eigenvalue weighted by Gasteiger charge is -2.26. The van der Waals surface area contributed by atoms with Gasteiger partial charge in [0.05, 0.1) is 5.56 Å². The predicted molar refractivity (Wildman–Crippen MR) is 82.5 cm³/mol. The van der Waals surface area contributed by atoms with Crippen LogP contribution in [0.25, 0.3) is 0 Å². The molecular formula is C16H17NO3S. The first-order valence-electron chi connectivity index (χ1n) is 6.61. The predicted octanol–water partition coefficient (Wildman–Crippen LogP) is 3.17. The molecule has 1 aromatic heterocycles. The van der Waals surface area contributed by atoms with Crippen LogP contribution in [0.2, 0.25) is 0 Å². The number of carboxylic acids is 1. The van der Waals surface area contributed by atoms with Crippen LogP contribution in [0.5, 0.6) is 0 Å². The Kier molecular flexibility index (Phi) is 4.75. The van der Waals surface area contributed by atoms with Crippen molar-refractivity contribution in [1.29, 1.82) is 0 Å². The monoisotopic (exact) mass is 303 g/mol. The Hall–Kier alpha value is -2.14. The van der Waals surface area contributed by atoms with Crippen molar-refractivity contribution in [3.63, 3.8) is 0 Å². The molecule has 0 fully saturated rings. The van der Waals surface area contributed by atoms with E-state index in [1.807, 2.05) is 42.6 Å². The van der Waals surface area contributed by atoms with Crippen molar-refractivity contribution < 1.29 is 14.7 Å². The lowest BCUT2D eigenvalue weighted by molar-refractivity contribution is -0.141. The molecule has 0 radical (unpaired) electrons. The van der Waals surface area contributed by atoms with Crippen LogP contribution in [-0.4, -0.2) is 27.9 Å². The Morgan fingerprint density at radius 1 is 1.24 bits per heavy atom. The molecule has 2 aromatic rings. The maximum Gasteiger partial charge on any atom is 0.326 e. The largest absolute Gasteiger partial charge is 0.480 e. The van der Waals surface area contributed by atoms with Crippen LogP contribution in [0, 0.1) is 6.92 Å². The highest BCUT2D eigenvalue weighted by molar-refractivity contribution is 7.08. The second kappa shape index (κ2) is 6.54. The number of carbonyl (C=O) groups is 2. The van der Waals surface area contributed by atoms with E-state index in [1.54, 1.807) is 5.38 Å². The summed E-state index contributed by atoms with van der Waals surface area (Å²) in [4.78, 5) is 25.3. The molecule has 0 aliphatic carbocycles. The smallest absolute Gasteiger partial charge is 0.326 e. The number of carboxylic acid groups (broad SMARTS) is 1. The Morgan fingerprint density at radius 2 is 1.90 bits per heavy atom. The molecule has 2 rings (SSSR count).